The van der Waals surface area contributed by atoms with Crippen molar-refractivity contribution in [3.8, 4) is 0 Å². The molecule has 28 heavy (non-hydrogen) atoms. The van der Waals surface area contributed by atoms with Crippen LogP contribution < -0.4 is 10.6 Å². The third-order valence-electron chi connectivity index (χ3n) is 5.00. The number of anilines is 3. The van der Waals surface area contributed by atoms with E-state index in [4.69, 9.17) is 9.40 Å². The van der Waals surface area contributed by atoms with Crippen LogP contribution in [-0.4, -0.2) is 45.0 Å². The monoisotopic (exact) mass is 377 g/mol. The average Bonchev–Trinajstić information content (AvgIpc) is 3.23. The molecule has 0 unspecified atom stereocenters. The lowest BCUT2D eigenvalue weighted by Gasteiger charge is -2.27. The molecule has 0 saturated heterocycles. The molecule has 0 spiro atoms. The van der Waals surface area contributed by atoms with E-state index < -0.39 is 0 Å². The molecule has 1 aromatic carbocycles. The maximum absolute atomic E-state index is 5.79. The Hall–Kier alpha value is -3.13. The van der Waals surface area contributed by atoms with Crippen molar-refractivity contribution in [3.05, 3.63) is 36.4 Å². The summed E-state index contributed by atoms with van der Waals surface area (Å²) in [5.74, 6) is 2.12. The first-order chi connectivity index (χ1) is 13.6. The fourth-order valence-corrected chi connectivity index (χ4v) is 3.37. The van der Waals surface area contributed by atoms with E-state index in [1.165, 1.54) is 19.3 Å². The summed E-state index contributed by atoms with van der Waals surface area (Å²) in [6.07, 6.45) is 5.55. The molecule has 3 heterocycles. The number of aromatic nitrogens is 4. The molecule has 1 aliphatic rings. The van der Waals surface area contributed by atoms with Crippen LogP contribution in [0.3, 0.4) is 0 Å². The lowest BCUT2D eigenvalue weighted by molar-refractivity contribution is 0.349. The van der Waals surface area contributed by atoms with Crippen LogP contribution in [0.4, 0.5) is 17.5 Å². The van der Waals surface area contributed by atoms with Crippen molar-refractivity contribution in [1.29, 1.82) is 0 Å². The van der Waals surface area contributed by atoms with Gasteiger partial charge in [-0.1, -0.05) is 0 Å². The van der Waals surface area contributed by atoms with E-state index in [2.05, 4.69) is 25.6 Å². The van der Waals surface area contributed by atoms with E-state index in [9.17, 15) is 0 Å². The van der Waals surface area contributed by atoms with Crippen molar-refractivity contribution in [2.75, 3.05) is 24.7 Å². The second kappa shape index (κ2) is 6.79. The Kier molecular flexibility index (Phi) is 4.12. The summed E-state index contributed by atoms with van der Waals surface area (Å²) >= 11 is 0. The van der Waals surface area contributed by atoms with Gasteiger partial charge in [0.1, 0.15) is 17.0 Å². The van der Waals surface area contributed by atoms with Crippen molar-refractivity contribution < 1.29 is 4.42 Å². The first kappa shape index (κ1) is 17.0. The SMILES string of the molecule is CN(C)Cc1nc2cc(Nc3nc(NC4CCC4)c4cc[nH]c4n3)ccc2o1. The molecule has 3 aromatic heterocycles. The van der Waals surface area contributed by atoms with Crippen LogP contribution in [-0.2, 0) is 6.54 Å². The van der Waals surface area contributed by atoms with Gasteiger partial charge in [0, 0.05) is 17.9 Å². The predicted octanol–water partition coefficient (Wildman–Crippen LogP) is 3.87. The zero-order valence-electron chi connectivity index (χ0n) is 16.0. The average molecular weight is 377 g/mol. The highest BCUT2D eigenvalue weighted by molar-refractivity contribution is 5.88. The molecule has 5 rings (SSSR count). The highest BCUT2D eigenvalue weighted by Gasteiger charge is 2.19. The lowest BCUT2D eigenvalue weighted by Crippen LogP contribution is -2.27. The molecule has 0 radical (unpaired) electrons. The number of hydrogen-bond donors (Lipinski definition) is 3. The molecule has 3 N–H and O–H groups in total. The standard InChI is InChI=1S/C20H23N7O/c1-27(2)11-17-24-15-10-13(6-7-16(15)28-17)23-20-25-18-14(8-9-21-18)19(26-20)22-12-4-3-5-12/h6-10,12H,3-5,11H2,1-2H3,(H3,21,22,23,25,26). The first-order valence-corrected chi connectivity index (χ1v) is 9.57. The largest absolute Gasteiger partial charge is 0.439 e. The quantitative estimate of drug-likeness (QED) is 0.469. The molecule has 1 saturated carbocycles. The number of H-pyrrole nitrogens is 1. The van der Waals surface area contributed by atoms with Crippen molar-refractivity contribution in [2.24, 2.45) is 0 Å². The Bertz CT molecular complexity index is 1130. The number of oxazole rings is 1. The highest BCUT2D eigenvalue weighted by atomic mass is 16.3. The zero-order valence-corrected chi connectivity index (χ0v) is 16.0. The van der Waals surface area contributed by atoms with Crippen molar-refractivity contribution in [3.63, 3.8) is 0 Å². The van der Waals surface area contributed by atoms with Gasteiger partial charge in [-0.2, -0.15) is 9.97 Å². The maximum atomic E-state index is 5.79. The third kappa shape index (κ3) is 3.27. The van der Waals surface area contributed by atoms with E-state index in [1.54, 1.807) is 0 Å². The van der Waals surface area contributed by atoms with Gasteiger partial charge in [0.05, 0.1) is 11.9 Å². The van der Waals surface area contributed by atoms with E-state index in [-0.39, 0.29) is 0 Å². The van der Waals surface area contributed by atoms with Crippen LogP contribution in [0.1, 0.15) is 25.2 Å². The van der Waals surface area contributed by atoms with Crippen LogP contribution in [0.2, 0.25) is 0 Å². The summed E-state index contributed by atoms with van der Waals surface area (Å²) in [6.45, 7) is 0.667. The minimum atomic E-state index is 0.502. The molecule has 0 atom stereocenters. The van der Waals surface area contributed by atoms with Gasteiger partial charge >= 0.3 is 0 Å². The van der Waals surface area contributed by atoms with Gasteiger partial charge in [-0.25, -0.2) is 4.98 Å². The summed E-state index contributed by atoms with van der Waals surface area (Å²) in [5, 5.41) is 7.86. The van der Waals surface area contributed by atoms with Crippen LogP contribution in [0.25, 0.3) is 22.1 Å². The lowest BCUT2D eigenvalue weighted by atomic mass is 9.93. The third-order valence-corrected chi connectivity index (χ3v) is 5.00. The molecule has 0 amide bonds. The summed E-state index contributed by atoms with van der Waals surface area (Å²) in [7, 11) is 3.98. The van der Waals surface area contributed by atoms with Gasteiger partial charge in [0.25, 0.3) is 0 Å². The molecule has 1 aliphatic carbocycles. The van der Waals surface area contributed by atoms with Crippen molar-refractivity contribution in [1.82, 2.24) is 24.8 Å². The molecule has 4 aromatic rings. The minimum Gasteiger partial charge on any atom is -0.439 e. The summed E-state index contributed by atoms with van der Waals surface area (Å²) in [5.41, 5.74) is 3.28. The minimum absolute atomic E-state index is 0.502. The molecular formula is C20H23N7O. The summed E-state index contributed by atoms with van der Waals surface area (Å²) in [6, 6.07) is 8.34. The number of benzene rings is 1. The van der Waals surface area contributed by atoms with Crippen LogP contribution in [0.5, 0.6) is 0 Å². The smallest absolute Gasteiger partial charge is 0.231 e. The van der Waals surface area contributed by atoms with E-state index >= 15 is 0 Å². The van der Waals surface area contributed by atoms with Gasteiger partial charge in [0.15, 0.2) is 5.58 Å². The molecular weight excluding hydrogens is 354 g/mol. The molecule has 0 aliphatic heterocycles. The number of rotatable bonds is 6. The number of hydrogen-bond acceptors (Lipinski definition) is 7. The molecule has 144 valence electrons. The molecule has 0 bridgehead atoms. The van der Waals surface area contributed by atoms with E-state index in [1.807, 2.05) is 49.5 Å². The Morgan fingerprint density at radius 2 is 2.07 bits per heavy atom. The van der Waals surface area contributed by atoms with Gasteiger partial charge in [0.2, 0.25) is 11.8 Å². The Balaban J connectivity index is 1.43. The fourth-order valence-electron chi connectivity index (χ4n) is 3.37. The number of aromatic amines is 1. The molecule has 8 nitrogen and oxygen atoms in total. The number of nitrogens with one attached hydrogen (secondary N) is 3. The fraction of sp³-hybridized carbons (Fsp3) is 0.350. The van der Waals surface area contributed by atoms with Crippen molar-refractivity contribution in [2.45, 2.75) is 31.8 Å². The highest BCUT2D eigenvalue weighted by Crippen LogP contribution is 2.28. The Morgan fingerprint density at radius 3 is 2.86 bits per heavy atom. The van der Waals surface area contributed by atoms with E-state index in [0.29, 0.717) is 24.4 Å². The number of nitrogens with zero attached hydrogens (tertiary/aromatic N) is 4. The maximum Gasteiger partial charge on any atom is 0.231 e. The Morgan fingerprint density at radius 1 is 1.18 bits per heavy atom. The Labute approximate surface area is 162 Å². The second-order valence-electron chi connectivity index (χ2n) is 7.56. The summed E-state index contributed by atoms with van der Waals surface area (Å²) < 4.78 is 5.79. The second-order valence-corrected chi connectivity index (χ2v) is 7.56. The van der Waals surface area contributed by atoms with Gasteiger partial charge in [-0.3, -0.25) is 0 Å². The van der Waals surface area contributed by atoms with Gasteiger partial charge < -0.3 is 24.9 Å². The van der Waals surface area contributed by atoms with Crippen LogP contribution in [0, 0.1) is 0 Å². The predicted molar refractivity (Wildman–Crippen MR) is 110 cm³/mol. The zero-order chi connectivity index (χ0) is 19.1. The van der Waals surface area contributed by atoms with Crippen LogP contribution >= 0.6 is 0 Å². The van der Waals surface area contributed by atoms with Gasteiger partial charge in [-0.05, 0) is 57.6 Å². The first-order valence-electron chi connectivity index (χ1n) is 9.57. The number of fused-ring (bicyclic) bond motifs is 2. The topological polar surface area (TPSA) is 94.9 Å². The van der Waals surface area contributed by atoms with Gasteiger partial charge in [-0.15, -0.1) is 0 Å². The molecule has 1 fully saturated rings. The summed E-state index contributed by atoms with van der Waals surface area (Å²) in [4.78, 5) is 19.1. The van der Waals surface area contributed by atoms with E-state index in [0.717, 1.165) is 33.6 Å². The molecule has 8 heteroatoms. The van der Waals surface area contributed by atoms with Crippen molar-refractivity contribution >= 4 is 39.6 Å². The normalized spacial score (nSPS) is 14.7. The van der Waals surface area contributed by atoms with Crippen LogP contribution in [0.15, 0.2) is 34.9 Å².